The first-order valence-corrected chi connectivity index (χ1v) is 7.54. The van der Waals surface area contributed by atoms with Gasteiger partial charge in [0.05, 0.1) is 21.3 Å². The number of carbonyl (C=O) groups excluding carboxylic acids is 1. The van der Waals surface area contributed by atoms with Gasteiger partial charge in [0.25, 0.3) is 0 Å². The van der Waals surface area contributed by atoms with Gasteiger partial charge in [0.15, 0.2) is 0 Å². The molecule has 0 saturated heterocycles. The first-order chi connectivity index (χ1) is 10.5. The van der Waals surface area contributed by atoms with E-state index < -0.39 is 11.6 Å². The number of hydrogen-bond donors (Lipinski definition) is 0. The monoisotopic (exact) mass is 310 g/mol. The summed E-state index contributed by atoms with van der Waals surface area (Å²) in [5, 5.41) is 0. The molecule has 0 aromatic heterocycles. The third kappa shape index (κ3) is 3.64. The Morgan fingerprint density at radius 1 is 0.909 bits per heavy atom. The third-order valence-electron chi connectivity index (χ3n) is 4.16. The maximum Gasteiger partial charge on any atom is 0.346 e. The van der Waals surface area contributed by atoms with Gasteiger partial charge in [0.2, 0.25) is 0 Å². The molecule has 0 aliphatic heterocycles. The fourth-order valence-corrected chi connectivity index (χ4v) is 2.42. The summed E-state index contributed by atoms with van der Waals surface area (Å²) in [6.45, 7) is 6.05. The summed E-state index contributed by atoms with van der Waals surface area (Å²) < 4.78 is 21.6. The van der Waals surface area contributed by atoms with E-state index in [4.69, 9.17) is 18.9 Å². The number of esters is 1. The van der Waals surface area contributed by atoms with Crippen molar-refractivity contribution >= 4 is 5.97 Å². The van der Waals surface area contributed by atoms with Crippen LogP contribution in [-0.2, 0) is 4.74 Å². The molecule has 0 spiro atoms. The van der Waals surface area contributed by atoms with Crippen molar-refractivity contribution in [2.45, 2.75) is 45.6 Å². The van der Waals surface area contributed by atoms with Gasteiger partial charge in [0.1, 0.15) is 28.4 Å². The van der Waals surface area contributed by atoms with Crippen LogP contribution in [0.15, 0.2) is 12.1 Å². The Bertz CT molecular complexity index is 473. The van der Waals surface area contributed by atoms with Crippen LogP contribution >= 0.6 is 0 Å². The molecule has 0 unspecified atom stereocenters. The molecule has 5 heteroatoms. The van der Waals surface area contributed by atoms with Gasteiger partial charge in [-0.25, -0.2) is 4.79 Å². The van der Waals surface area contributed by atoms with Crippen LogP contribution in [0.5, 0.6) is 17.2 Å². The van der Waals surface area contributed by atoms with Crippen LogP contribution in [0.1, 0.15) is 50.4 Å². The topological polar surface area (TPSA) is 54.0 Å². The third-order valence-corrected chi connectivity index (χ3v) is 4.16. The van der Waals surface area contributed by atoms with E-state index in [0.717, 1.165) is 19.3 Å². The van der Waals surface area contributed by atoms with E-state index in [2.05, 4.69) is 0 Å². The minimum atomic E-state index is -0.465. The minimum Gasteiger partial charge on any atom is -0.496 e. The van der Waals surface area contributed by atoms with Crippen LogP contribution < -0.4 is 14.2 Å². The molecule has 0 fully saturated rings. The van der Waals surface area contributed by atoms with Crippen molar-refractivity contribution in [1.29, 1.82) is 0 Å². The van der Waals surface area contributed by atoms with Gasteiger partial charge in [-0.05, 0) is 19.3 Å². The van der Waals surface area contributed by atoms with E-state index in [0.29, 0.717) is 17.2 Å². The first-order valence-electron chi connectivity index (χ1n) is 7.54. The SMILES string of the molecule is CCC(CC)(CC)OC(=O)c1c(OC)cc(OC)cc1OC. The second kappa shape index (κ2) is 7.92. The zero-order chi connectivity index (χ0) is 16.8. The molecular formula is C17H26O5. The Balaban J connectivity index is 3.27. The number of methoxy groups -OCH3 is 3. The van der Waals surface area contributed by atoms with Crippen LogP contribution in [0.3, 0.4) is 0 Å². The second-order valence-corrected chi connectivity index (χ2v) is 5.04. The summed E-state index contributed by atoms with van der Waals surface area (Å²) in [6, 6.07) is 3.29. The molecule has 22 heavy (non-hydrogen) atoms. The van der Waals surface area contributed by atoms with Crippen LogP contribution in [-0.4, -0.2) is 32.9 Å². The minimum absolute atomic E-state index is 0.283. The van der Waals surface area contributed by atoms with Crippen LogP contribution in [0.2, 0.25) is 0 Å². The molecule has 5 nitrogen and oxygen atoms in total. The van der Waals surface area contributed by atoms with E-state index in [1.807, 2.05) is 20.8 Å². The van der Waals surface area contributed by atoms with Crippen molar-refractivity contribution in [2.24, 2.45) is 0 Å². The molecule has 0 heterocycles. The Hall–Kier alpha value is -1.91. The molecule has 0 atom stereocenters. The average Bonchev–Trinajstić information content (AvgIpc) is 2.58. The number of hydrogen-bond acceptors (Lipinski definition) is 5. The molecule has 0 aliphatic carbocycles. The number of ether oxygens (including phenoxy) is 4. The first kappa shape index (κ1) is 18.1. The van der Waals surface area contributed by atoms with E-state index in [9.17, 15) is 4.79 Å². The highest BCUT2D eigenvalue weighted by molar-refractivity contribution is 5.96. The predicted molar refractivity (Wildman–Crippen MR) is 85.1 cm³/mol. The van der Waals surface area contributed by atoms with Gasteiger partial charge in [-0.3, -0.25) is 0 Å². The van der Waals surface area contributed by atoms with Crippen LogP contribution in [0.4, 0.5) is 0 Å². The molecule has 0 aliphatic rings. The van der Waals surface area contributed by atoms with Gasteiger partial charge < -0.3 is 18.9 Å². The van der Waals surface area contributed by atoms with E-state index in [-0.39, 0.29) is 5.56 Å². The van der Waals surface area contributed by atoms with Crippen molar-refractivity contribution in [3.63, 3.8) is 0 Å². The fraction of sp³-hybridized carbons (Fsp3) is 0.588. The van der Waals surface area contributed by atoms with Crippen molar-refractivity contribution in [3.05, 3.63) is 17.7 Å². The van der Waals surface area contributed by atoms with E-state index in [1.54, 1.807) is 19.2 Å². The Labute approximate surface area is 132 Å². The van der Waals surface area contributed by atoms with Gasteiger partial charge in [0, 0.05) is 12.1 Å². The van der Waals surface area contributed by atoms with Gasteiger partial charge in [-0.2, -0.15) is 0 Å². The van der Waals surface area contributed by atoms with Crippen LogP contribution in [0.25, 0.3) is 0 Å². The second-order valence-electron chi connectivity index (χ2n) is 5.04. The fourth-order valence-electron chi connectivity index (χ4n) is 2.42. The van der Waals surface area contributed by atoms with E-state index >= 15 is 0 Å². The summed E-state index contributed by atoms with van der Waals surface area (Å²) in [7, 11) is 4.54. The highest BCUT2D eigenvalue weighted by Crippen LogP contribution is 2.36. The van der Waals surface area contributed by atoms with Gasteiger partial charge in [-0.1, -0.05) is 20.8 Å². The summed E-state index contributed by atoms with van der Waals surface area (Å²) in [4.78, 5) is 12.7. The Morgan fingerprint density at radius 3 is 1.68 bits per heavy atom. The molecule has 0 bridgehead atoms. The molecule has 0 amide bonds. The maximum absolute atomic E-state index is 12.7. The highest BCUT2D eigenvalue weighted by Gasteiger charge is 2.32. The average molecular weight is 310 g/mol. The van der Waals surface area contributed by atoms with E-state index in [1.165, 1.54) is 14.2 Å². The zero-order valence-electron chi connectivity index (χ0n) is 14.3. The largest absolute Gasteiger partial charge is 0.496 e. The van der Waals surface area contributed by atoms with Crippen LogP contribution in [0, 0.1) is 0 Å². The molecule has 0 saturated carbocycles. The molecule has 0 N–H and O–H groups in total. The summed E-state index contributed by atoms with van der Waals surface area (Å²) in [5.41, 5.74) is -0.182. The number of benzene rings is 1. The van der Waals surface area contributed by atoms with Gasteiger partial charge >= 0.3 is 5.97 Å². The zero-order valence-corrected chi connectivity index (χ0v) is 14.3. The lowest BCUT2D eigenvalue weighted by molar-refractivity contribution is -0.0254. The summed E-state index contributed by atoms with van der Waals surface area (Å²) in [5.74, 6) is 0.858. The lowest BCUT2D eigenvalue weighted by Gasteiger charge is -2.30. The molecule has 124 valence electrons. The predicted octanol–water partition coefficient (Wildman–Crippen LogP) is 3.84. The number of rotatable bonds is 8. The Morgan fingerprint density at radius 2 is 1.36 bits per heavy atom. The smallest absolute Gasteiger partial charge is 0.346 e. The highest BCUT2D eigenvalue weighted by atomic mass is 16.6. The van der Waals surface area contributed by atoms with Crippen molar-refractivity contribution in [3.8, 4) is 17.2 Å². The lowest BCUT2D eigenvalue weighted by atomic mass is 9.94. The van der Waals surface area contributed by atoms with Gasteiger partial charge in [-0.15, -0.1) is 0 Å². The Kier molecular flexibility index (Phi) is 6.53. The molecular weight excluding hydrogens is 284 g/mol. The van der Waals surface area contributed by atoms with Crippen molar-refractivity contribution < 1.29 is 23.7 Å². The number of carbonyl (C=O) groups is 1. The quantitative estimate of drug-likeness (QED) is 0.683. The summed E-state index contributed by atoms with van der Waals surface area (Å²) >= 11 is 0. The normalized spacial score (nSPS) is 11.0. The standard InChI is InChI=1S/C17H26O5/c1-7-17(8-2,9-3)22-16(18)15-13(20-5)10-12(19-4)11-14(15)21-6/h10-11H,7-9H2,1-6H3. The molecule has 1 rings (SSSR count). The molecule has 0 radical (unpaired) electrons. The maximum atomic E-state index is 12.7. The van der Waals surface area contributed by atoms with Crippen molar-refractivity contribution in [1.82, 2.24) is 0 Å². The van der Waals surface area contributed by atoms with Crippen molar-refractivity contribution in [2.75, 3.05) is 21.3 Å². The lowest BCUT2D eigenvalue weighted by Crippen LogP contribution is -2.33. The molecule has 1 aromatic carbocycles. The summed E-state index contributed by atoms with van der Waals surface area (Å²) in [6.07, 6.45) is 2.27. The molecule has 1 aromatic rings.